The molecule has 0 spiro atoms. The molecule has 0 aromatic heterocycles. The fourth-order valence-electron chi connectivity index (χ4n) is 2.14. The Hall–Kier alpha value is -0.350. The summed E-state index contributed by atoms with van der Waals surface area (Å²) in [5.74, 6) is 0.314. The van der Waals surface area contributed by atoms with Gasteiger partial charge in [-0.25, -0.2) is 4.39 Å². The molecule has 0 aliphatic carbocycles. The van der Waals surface area contributed by atoms with Crippen LogP contribution < -0.4 is 5.73 Å². The summed E-state index contributed by atoms with van der Waals surface area (Å²) in [5.41, 5.74) is 6.62. The Bertz CT molecular complexity index is 374. The highest BCUT2D eigenvalue weighted by molar-refractivity contribution is 6.31. The van der Waals surface area contributed by atoms with Crippen molar-refractivity contribution in [2.75, 3.05) is 19.6 Å². The molecule has 0 saturated carbocycles. The molecule has 1 heterocycles. The van der Waals surface area contributed by atoms with E-state index in [1.54, 1.807) is 6.07 Å². The van der Waals surface area contributed by atoms with Gasteiger partial charge in [-0.2, -0.15) is 0 Å². The Morgan fingerprint density at radius 3 is 2.82 bits per heavy atom. The summed E-state index contributed by atoms with van der Waals surface area (Å²) in [4.78, 5) is 2.32. The quantitative estimate of drug-likeness (QED) is 0.921. The number of nitrogens with zero attached hydrogens (tertiary/aromatic N) is 1. The van der Waals surface area contributed by atoms with Crippen LogP contribution in [0.1, 0.15) is 12.0 Å². The van der Waals surface area contributed by atoms with Crippen molar-refractivity contribution in [2.45, 2.75) is 13.0 Å². The van der Waals surface area contributed by atoms with Gasteiger partial charge in [0.2, 0.25) is 0 Å². The molecule has 0 bridgehead atoms. The Morgan fingerprint density at radius 1 is 1.47 bits per heavy atom. The molecule has 1 fully saturated rings. The standard InChI is InChI=1S/C12H16ClFN2.ClH/c13-12-5-11(14)2-1-10(12)8-16-4-3-9(6-15)7-16;/h1-2,5,9H,3-4,6-8,15H2;1H. The van der Waals surface area contributed by atoms with Gasteiger partial charge in [-0.3, -0.25) is 4.90 Å². The Balaban J connectivity index is 0.00000144. The minimum absolute atomic E-state index is 0. The molecule has 1 atom stereocenters. The van der Waals surface area contributed by atoms with Gasteiger partial charge in [0.05, 0.1) is 0 Å². The lowest BCUT2D eigenvalue weighted by atomic mass is 10.1. The van der Waals surface area contributed by atoms with Crippen molar-refractivity contribution in [1.82, 2.24) is 4.90 Å². The largest absolute Gasteiger partial charge is 0.330 e. The molecule has 1 unspecified atom stereocenters. The van der Waals surface area contributed by atoms with Crippen molar-refractivity contribution in [3.8, 4) is 0 Å². The number of benzene rings is 1. The maximum Gasteiger partial charge on any atom is 0.124 e. The summed E-state index contributed by atoms with van der Waals surface area (Å²) in [7, 11) is 0. The van der Waals surface area contributed by atoms with Crippen molar-refractivity contribution in [3.05, 3.63) is 34.6 Å². The molecular formula is C12H17Cl2FN2. The van der Waals surface area contributed by atoms with E-state index in [9.17, 15) is 4.39 Å². The second kappa shape index (κ2) is 6.55. The van der Waals surface area contributed by atoms with Crippen molar-refractivity contribution in [1.29, 1.82) is 0 Å². The number of rotatable bonds is 3. The van der Waals surface area contributed by atoms with E-state index in [0.717, 1.165) is 38.2 Å². The van der Waals surface area contributed by atoms with Crippen LogP contribution >= 0.6 is 24.0 Å². The fraction of sp³-hybridized carbons (Fsp3) is 0.500. The average molecular weight is 279 g/mol. The normalized spacial score (nSPS) is 20.3. The molecular weight excluding hydrogens is 262 g/mol. The van der Waals surface area contributed by atoms with Crippen molar-refractivity contribution in [2.24, 2.45) is 11.7 Å². The minimum atomic E-state index is -0.282. The van der Waals surface area contributed by atoms with Crippen LogP contribution in [0.4, 0.5) is 4.39 Å². The maximum atomic E-state index is 12.9. The number of likely N-dealkylation sites (tertiary alicyclic amines) is 1. The predicted molar refractivity (Wildman–Crippen MR) is 71.1 cm³/mol. The van der Waals surface area contributed by atoms with Gasteiger partial charge in [-0.05, 0) is 43.1 Å². The van der Waals surface area contributed by atoms with Gasteiger partial charge < -0.3 is 5.73 Å². The van der Waals surface area contributed by atoms with E-state index in [4.69, 9.17) is 17.3 Å². The van der Waals surface area contributed by atoms with Gasteiger partial charge in [0.15, 0.2) is 0 Å². The molecule has 2 rings (SSSR count). The van der Waals surface area contributed by atoms with E-state index in [2.05, 4.69) is 4.90 Å². The summed E-state index contributed by atoms with van der Waals surface area (Å²) in [5, 5.41) is 0.510. The van der Waals surface area contributed by atoms with Crippen LogP contribution in [0.15, 0.2) is 18.2 Å². The van der Waals surface area contributed by atoms with E-state index in [1.807, 2.05) is 0 Å². The molecule has 2 N–H and O–H groups in total. The van der Waals surface area contributed by atoms with Crippen LogP contribution in [0.3, 0.4) is 0 Å². The van der Waals surface area contributed by atoms with Gasteiger partial charge in [-0.15, -0.1) is 12.4 Å². The molecule has 1 saturated heterocycles. The molecule has 1 aromatic rings. The lowest BCUT2D eigenvalue weighted by Gasteiger charge is -2.16. The summed E-state index contributed by atoms with van der Waals surface area (Å²) in [6.07, 6.45) is 1.15. The van der Waals surface area contributed by atoms with E-state index in [0.29, 0.717) is 10.9 Å². The first-order valence-corrected chi connectivity index (χ1v) is 5.93. The summed E-state index contributed by atoms with van der Waals surface area (Å²) in [6.45, 7) is 3.60. The van der Waals surface area contributed by atoms with Crippen LogP contribution in [-0.2, 0) is 6.54 Å². The average Bonchev–Trinajstić information content (AvgIpc) is 2.70. The minimum Gasteiger partial charge on any atom is -0.330 e. The molecule has 1 aliphatic rings. The second-order valence-corrected chi connectivity index (χ2v) is 4.77. The Kier molecular flexibility index (Phi) is 5.67. The van der Waals surface area contributed by atoms with Crippen LogP contribution in [0.25, 0.3) is 0 Å². The molecule has 0 amide bonds. The number of nitrogens with two attached hydrogens (primary N) is 1. The maximum absolute atomic E-state index is 12.9. The lowest BCUT2D eigenvalue weighted by molar-refractivity contribution is 0.318. The summed E-state index contributed by atoms with van der Waals surface area (Å²) in [6, 6.07) is 4.58. The lowest BCUT2D eigenvalue weighted by Crippen LogP contribution is -2.22. The highest BCUT2D eigenvalue weighted by Gasteiger charge is 2.21. The number of hydrogen-bond donors (Lipinski definition) is 1. The summed E-state index contributed by atoms with van der Waals surface area (Å²) < 4.78 is 12.9. The van der Waals surface area contributed by atoms with Gasteiger partial charge >= 0.3 is 0 Å². The highest BCUT2D eigenvalue weighted by Crippen LogP contribution is 2.22. The predicted octanol–water partition coefficient (Wildman–Crippen LogP) is 2.68. The SMILES string of the molecule is Cl.NCC1CCN(Cc2ccc(F)cc2Cl)C1. The molecule has 2 nitrogen and oxygen atoms in total. The fourth-order valence-corrected chi connectivity index (χ4v) is 2.37. The van der Waals surface area contributed by atoms with Gasteiger partial charge in [0.1, 0.15) is 5.82 Å². The molecule has 1 aromatic carbocycles. The second-order valence-electron chi connectivity index (χ2n) is 4.36. The smallest absolute Gasteiger partial charge is 0.124 e. The van der Waals surface area contributed by atoms with Crippen LogP contribution in [-0.4, -0.2) is 24.5 Å². The van der Waals surface area contributed by atoms with Gasteiger partial charge in [0, 0.05) is 18.1 Å². The van der Waals surface area contributed by atoms with Crippen molar-refractivity contribution >= 4 is 24.0 Å². The van der Waals surface area contributed by atoms with Gasteiger partial charge in [-0.1, -0.05) is 17.7 Å². The Morgan fingerprint density at radius 2 is 2.24 bits per heavy atom. The number of halogens is 3. The molecule has 5 heteroatoms. The molecule has 17 heavy (non-hydrogen) atoms. The highest BCUT2D eigenvalue weighted by atomic mass is 35.5. The van der Waals surface area contributed by atoms with Crippen molar-refractivity contribution in [3.63, 3.8) is 0 Å². The first-order valence-electron chi connectivity index (χ1n) is 5.55. The van der Waals surface area contributed by atoms with Crippen LogP contribution in [0.5, 0.6) is 0 Å². The summed E-state index contributed by atoms with van der Waals surface area (Å²) >= 11 is 5.99. The van der Waals surface area contributed by atoms with E-state index in [1.165, 1.54) is 12.1 Å². The van der Waals surface area contributed by atoms with Crippen molar-refractivity contribution < 1.29 is 4.39 Å². The zero-order valence-corrected chi connectivity index (χ0v) is 11.1. The van der Waals surface area contributed by atoms with Crippen LogP contribution in [0, 0.1) is 11.7 Å². The molecule has 96 valence electrons. The van der Waals surface area contributed by atoms with E-state index >= 15 is 0 Å². The van der Waals surface area contributed by atoms with E-state index < -0.39 is 0 Å². The monoisotopic (exact) mass is 278 g/mol. The Labute approximate surface area is 112 Å². The topological polar surface area (TPSA) is 29.3 Å². The van der Waals surface area contributed by atoms with E-state index in [-0.39, 0.29) is 18.2 Å². The van der Waals surface area contributed by atoms with Gasteiger partial charge in [0.25, 0.3) is 0 Å². The first-order chi connectivity index (χ1) is 7.69. The number of hydrogen-bond acceptors (Lipinski definition) is 2. The van der Waals surface area contributed by atoms with Crippen LogP contribution in [0.2, 0.25) is 5.02 Å². The molecule has 0 radical (unpaired) electrons. The third-order valence-corrected chi connectivity index (χ3v) is 3.46. The zero-order valence-electron chi connectivity index (χ0n) is 9.53. The first kappa shape index (κ1) is 14.7. The third kappa shape index (κ3) is 3.81. The molecule has 1 aliphatic heterocycles. The zero-order chi connectivity index (χ0) is 11.5. The third-order valence-electron chi connectivity index (χ3n) is 3.11.